The Morgan fingerprint density at radius 1 is 1.08 bits per heavy atom. The molecule has 1 saturated heterocycles. The number of para-hydroxylation sites is 1. The number of benzene rings is 2. The first-order valence-electron chi connectivity index (χ1n) is 8.94. The highest BCUT2D eigenvalue weighted by molar-refractivity contribution is 5.38. The molecule has 0 aromatic heterocycles. The lowest BCUT2D eigenvalue weighted by Crippen LogP contribution is -2.51. The summed E-state index contributed by atoms with van der Waals surface area (Å²) in [5, 5.41) is 3.37. The topological polar surface area (TPSA) is 33.7 Å². The molecule has 1 fully saturated rings. The predicted molar refractivity (Wildman–Crippen MR) is 94.1 cm³/mol. The maximum atomic E-state index is 13.4. The standard InChI is InChI=1S/C20H22F2N2O2/c21-15-9-14(10-16(22)11-15)12-25-19-13-26-18-4-2-1-3-17(18)20(19)24-7-5-23-6-8-24/h1-4,9-11,19-20,23H,5-8,12-13H2/t19-,20-/m1/s1. The van der Waals surface area contributed by atoms with E-state index >= 15 is 0 Å². The van der Waals surface area contributed by atoms with Crippen molar-refractivity contribution in [3.8, 4) is 5.75 Å². The van der Waals surface area contributed by atoms with Crippen molar-refractivity contribution in [2.24, 2.45) is 0 Å². The van der Waals surface area contributed by atoms with Gasteiger partial charge in [0.05, 0.1) is 12.6 Å². The number of piperazine rings is 1. The van der Waals surface area contributed by atoms with Crippen molar-refractivity contribution in [3.63, 3.8) is 0 Å². The summed E-state index contributed by atoms with van der Waals surface area (Å²) in [4.78, 5) is 2.40. The van der Waals surface area contributed by atoms with Crippen molar-refractivity contribution in [1.29, 1.82) is 0 Å². The molecule has 2 atom stereocenters. The SMILES string of the molecule is Fc1cc(F)cc(CO[C@@H]2COc3ccccc3[C@H]2N2CCNCC2)c1. The van der Waals surface area contributed by atoms with E-state index in [-0.39, 0.29) is 18.8 Å². The van der Waals surface area contributed by atoms with Gasteiger partial charge in [-0.25, -0.2) is 8.78 Å². The number of nitrogens with zero attached hydrogens (tertiary/aromatic N) is 1. The molecule has 0 bridgehead atoms. The van der Waals surface area contributed by atoms with E-state index in [1.54, 1.807) is 0 Å². The quantitative estimate of drug-likeness (QED) is 0.909. The van der Waals surface area contributed by atoms with Gasteiger partial charge in [-0.2, -0.15) is 0 Å². The fraction of sp³-hybridized carbons (Fsp3) is 0.400. The molecule has 2 aromatic rings. The van der Waals surface area contributed by atoms with Crippen molar-refractivity contribution >= 4 is 0 Å². The molecule has 1 N–H and O–H groups in total. The van der Waals surface area contributed by atoms with Gasteiger partial charge in [-0.05, 0) is 23.8 Å². The highest BCUT2D eigenvalue weighted by Crippen LogP contribution is 2.37. The smallest absolute Gasteiger partial charge is 0.126 e. The third-order valence-corrected chi connectivity index (χ3v) is 4.92. The van der Waals surface area contributed by atoms with Gasteiger partial charge in [0.2, 0.25) is 0 Å². The Kier molecular flexibility index (Phi) is 5.15. The van der Waals surface area contributed by atoms with Crippen LogP contribution in [0.15, 0.2) is 42.5 Å². The average molecular weight is 360 g/mol. The van der Waals surface area contributed by atoms with E-state index in [2.05, 4.69) is 16.3 Å². The lowest BCUT2D eigenvalue weighted by atomic mass is 9.95. The summed E-state index contributed by atoms with van der Waals surface area (Å²) < 4.78 is 38.8. The van der Waals surface area contributed by atoms with Crippen molar-refractivity contribution in [2.45, 2.75) is 18.8 Å². The van der Waals surface area contributed by atoms with E-state index in [0.29, 0.717) is 12.2 Å². The molecular formula is C20H22F2N2O2. The first kappa shape index (κ1) is 17.4. The molecule has 26 heavy (non-hydrogen) atoms. The molecule has 0 saturated carbocycles. The Labute approximate surface area is 151 Å². The number of ether oxygens (including phenoxy) is 2. The Hall–Kier alpha value is -2.02. The van der Waals surface area contributed by atoms with Crippen LogP contribution < -0.4 is 10.1 Å². The number of rotatable bonds is 4. The van der Waals surface area contributed by atoms with Gasteiger partial charge >= 0.3 is 0 Å². The second kappa shape index (κ2) is 7.70. The van der Waals surface area contributed by atoms with Crippen LogP contribution in [-0.4, -0.2) is 43.8 Å². The normalized spacial score (nSPS) is 23.3. The van der Waals surface area contributed by atoms with E-state index in [1.165, 1.54) is 12.1 Å². The Balaban J connectivity index is 1.55. The minimum atomic E-state index is -0.590. The lowest BCUT2D eigenvalue weighted by Gasteiger charge is -2.42. The molecule has 6 heteroatoms. The third-order valence-electron chi connectivity index (χ3n) is 4.92. The number of hydrogen-bond donors (Lipinski definition) is 1. The fourth-order valence-corrected chi connectivity index (χ4v) is 3.75. The van der Waals surface area contributed by atoms with Crippen molar-refractivity contribution < 1.29 is 18.3 Å². The molecular weight excluding hydrogens is 338 g/mol. The van der Waals surface area contributed by atoms with Crippen LogP contribution in [0.3, 0.4) is 0 Å². The summed E-state index contributed by atoms with van der Waals surface area (Å²) >= 11 is 0. The molecule has 2 aliphatic heterocycles. The Bertz CT molecular complexity index is 745. The Morgan fingerprint density at radius 3 is 2.58 bits per heavy atom. The molecule has 4 rings (SSSR count). The second-order valence-electron chi connectivity index (χ2n) is 6.71. The fourth-order valence-electron chi connectivity index (χ4n) is 3.75. The Morgan fingerprint density at radius 2 is 1.81 bits per heavy atom. The van der Waals surface area contributed by atoms with E-state index in [4.69, 9.17) is 9.47 Å². The van der Waals surface area contributed by atoms with Crippen LogP contribution >= 0.6 is 0 Å². The molecule has 2 aliphatic rings. The largest absolute Gasteiger partial charge is 0.490 e. The monoisotopic (exact) mass is 360 g/mol. The second-order valence-corrected chi connectivity index (χ2v) is 6.71. The lowest BCUT2D eigenvalue weighted by molar-refractivity contribution is -0.0618. The highest BCUT2D eigenvalue weighted by Gasteiger charge is 2.36. The van der Waals surface area contributed by atoms with Gasteiger partial charge in [-0.1, -0.05) is 18.2 Å². The van der Waals surface area contributed by atoms with E-state index in [0.717, 1.165) is 43.6 Å². The molecule has 138 valence electrons. The van der Waals surface area contributed by atoms with E-state index in [1.807, 2.05) is 18.2 Å². The van der Waals surface area contributed by atoms with Crippen molar-refractivity contribution in [3.05, 3.63) is 65.2 Å². The summed E-state index contributed by atoms with van der Waals surface area (Å²) in [6, 6.07) is 11.6. The van der Waals surface area contributed by atoms with Crippen LogP contribution in [-0.2, 0) is 11.3 Å². The molecule has 4 nitrogen and oxygen atoms in total. The summed E-state index contributed by atoms with van der Waals surface area (Å²) in [6.45, 7) is 4.28. The third kappa shape index (κ3) is 3.72. The zero-order valence-electron chi connectivity index (χ0n) is 14.5. The van der Waals surface area contributed by atoms with Crippen molar-refractivity contribution in [1.82, 2.24) is 10.2 Å². The van der Waals surface area contributed by atoms with Crippen LogP contribution in [0.4, 0.5) is 8.78 Å². The average Bonchev–Trinajstić information content (AvgIpc) is 2.66. The predicted octanol–water partition coefficient (Wildman–Crippen LogP) is 2.89. The van der Waals surface area contributed by atoms with Gasteiger partial charge in [-0.3, -0.25) is 4.90 Å². The minimum Gasteiger partial charge on any atom is -0.490 e. The number of hydrogen-bond acceptors (Lipinski definition) is 4. The molecule has 0 unspecified atom stereocenters. The molecule has 0 amide bonds. The van der Waals surface area contributed by atoms with Crippen LogP contribution in [0.25, 0.3) is 0 Å². The van der Waals surface area contributed by atoms with Crippen LogP contribution in [0, 0.1) is 11.6 Å². The van der Waals surface area contributed by atoms with Gasteiger partial charge in [0.15, 0.2) is 0 Å². The molecule has 0 aliphatic carbocycles. The molecule has 0 radical (unpaired) electrons. The zero-order chi connectivity index (χ0) is 17.9. The first-order chi connectivity index (χ1) is 12.7. The summed E-state index contributed by atoms with van der Waals surface area (Å²) in [7, 11) is 0. The highest BCUT2D eigenvalue weighted by atomic mass is 19.1. The number of halogens is 2. The maximum absolute atomic E-state index is 13.4. The molecule has 2 heterocycles. The van der Waals surface area contributed by atoms with Crippen LogP contribution in [0.1, 0.15) is 17.2 Å². The first-order valence-corrected chi connectivity index (χ1v) is 8.94. The van der Waals surface area contributed by atoms with E-state index in [9.17, 15) is 8.78 Å². The van der Waals surface area contributed by atoms with Gasteiger partial charge in [-0.15, -0.1) is 0 Å². The van der Waals surface area contributed by atoms with Crippen LogP contribution in [0.2, 0.25) is 0 Å². The minimum absolute atomic E-state index is 0.0699. The van der Waals surface area contributed by atoms with E-state index < -0.39 is 11.6 Å². The van der Waals surface area contributed by atoms with Gasteiger partial charge in [0, 0.05) is 37.8 Å². The molecule has 2 aromatic carbocycles. The summed E-state index contributed by atoms with van der Waals surface area (Å²) in [5.74, 6) is -0.298. The van der Waals surface area contributed by atoms with Crippen molar-refractivity contribution in [2.75, 3.05) is 32.8 Å². The number of nitrogens with one attached hydrogen (secondary N) is 1. The van der Waals surface area contributed by atoms with Gasteiger partial charge < -0.3 is 14.8 Å². The van der Waals surface area contributed by atoms with Crippen LogP contribution in [0.5, 0.6) is 5.75 Å². The summed E-state index contributed by atoms with van der Waals surface area (Å²) in [6.07, 6.45) is -0.200. The maximum Gasteiger partial charge on any atom is 0.126 e. The molecule has 0 spiro atoms. The van der Waals surface area contributed by atoms with Gasteiger partial charge in [0.25, 0.3) is 0 Å². The summed E-state index contributed by atoms with van der Waals surface area (Å²) in [5.41, 5.74) is 1.59. The zero-order valence-corrected chi connectivity index (χ0v) is 14.5. The van der Waals surface area contributed by atoms with Gasteiger partial charge in [0.1, 0.15) is 30.1 Å². The number of fused-ring (bicyclic) bond motifs is 1.